The summed E-state index contributed by atoms with van der Waals surface area (Å²) >= 11 is 0. The van der Waals surface area contributed by atoms with E-state index in [1.165, 1.54) is 40.7 Å². The smallest absolute Gasteiger partial charge is 0.00205 e. The Bertz CT molecular complexity index is 680. The second-order valence-corrected chi connectivity index (χ2v) is 6.68. The molecule has 3 aromatic rings. The Morgan fingerprint density at radius 3 is 1.19 bits per heavy atom. The fourth-order valence-electron chi connectivity index (χ4n) is 2.36. The molecular formula is C26H34. The van der Waals surface area contributed by atoms with E-state index in [1.54, 1.807) is 0 Å². The molecule has 0 aliphatic rings. The Balaban J connectivity index is 0.000000255. The van der Waals surface area contributed by atoms with Crippen molar-refractivity contribution < 1.29 is 0 Å². The molecule has 3 rings (SSSR count). The van der Waals surface area contributed by atoms with Crippen molar-refractivity contribution in [3.8, 4) is 0 Å². The van der Waals surface area contributed by atoms with Crippen LogP contribution in [0.25, 0.3) is 0 Å². The van der Waals surface area contributed by atoms with Crippen LogP contribution in [-0.4, -0.2) is 0 Å². The molecule has 0 heteroatoms. The highest BCUT2D eigenvalue weighted by Gasteiger charge is 2.01. The molecule has 0 bridgehead atoms. The molecule has 3 aromatic carbocycles. The number of aryl methyl sites for hydroxylation is 3. The molecule has 0 aliphatic carbocycles. The fourth-order valence-corrected chi connectivity index (χ4v) is 2.36. The van der Waals surface area contributed by atoms with Crippen molar-refractivity contribution in [3.63, 3.8) is 0 Å². The van der Waals surface area contributed by atoms with Gasteiger partial charge in [-0.2, -0.15) is 0 Å². The summed E-state index contributed by atoms with van der Waals surface area (Å²) in [6, 6.07) is 27.4. The van der Waals surface area contributed by atoms with E-state index in [-0.39, 0.29) is 0 Å². The summed E-state index contributed by atoms with van der Waals surface area (Å²) in [5.74, 6) is 0. The summed E-state index contributed by atoms with van der Waals surface area (Å²) in [7, 11) is 0. The first-order valence-electron chi connectivity index (χ1n) is 9.69. The van der Waals surface area contributed by atoms with Crippen molar-refractivity contribution in [1.82, 2.24) is 0 Å². The van der Waals surface area contributed by atoms with Crippen LogP contribution in [0.5, 0.6) is 0 Å². The van der Waals surface area contributed by atoms with Gasteiger partial charge in [0.25, 0.3) is 0 Å². The van der Waals surface area contributed by atoms with Crippen LogP contribution in [0.3, 0.4) is 0 Å². The third kappa shape index (κ3) is 8.67. The van der Waals surface area contributed by atoms with E-state index >= 15 is 0 Å². The van der Waals surface area contributed by atoms with E-state index in [0.29, 0.717) is 0 Å². The zero-order valence-corrected chi connectivity index (χ0v) is 17.1. The summed E-state index contributed by atoms with van der Waals surface area (Å²) in [4.78, 5) is 0. The number of hydrogen-bond acceptors (Lipinski definition) is 0. The Labute approximate surface area is 160 Å². The van der Waals surface area contributed by atoms with Gasteiger partial charge in [-0.15, -0.1) is 0 Å². The molecule has 138 valence electrons. The van der Waals surface area contributed by atoms with Gasteiger partial charge in [0.1, 0.15) is 0 Å². The van der Waals surface area contributed by atoms with Gasteiger partial charge >= 0.3 is 0 Å². The first kappa shape index (κ1) is 21.7. The van der Waals surface area contributed by atoms with Crippen molar-refractivity contribution in [2.75, 3.05) is 0 Å². The van der Waals surface area contributed by atoms with E-state index in [2.05, 4.69) is 95.3 Å². The first-order chi connectivity index (χ1) is 12.6. The summed E-state index contributed by atoms with van der Waals surface area (Å²) in [6.45, 7) is 10.8. The van der Waals surface area contributed by atoms with Crippen LogP contribution >= 0.6 is 0 Å². The van der Waals surface area contributed by atoms with Gasteiger partial charge < -0.3 is 0 Å². The lowest BCUT2D eigenvalue weighted by atomic mass is 9.98. The third-order valence-corrected chi connectivity index (χ3v) is 4.34. The van der Waals surface area contributed by atoms with E-state index in [9.17, 15) is 0 Å². The van der Waals surface area contributed by atoms with Gasteiger partial charge in [0.05, 0.1) is 0 Å². The SMILES string of the molecule is CCCC.Cc1ccccc1.Cc1ccccc1Cc1ccccc1C. The number of hydrogen-bond donors (Lipinski definition) is 0. The highest BCUT2D eigenvalue weighted by Crippen LogP contribution is 2.16. The molecule has 0 aromatic heterocycles. The molecule has 0 radical (unpaired) electrons. The minimum atomic E-state index is 1.04. The molecule has 0 saturated carbocycles. The van der Waals surface area contributed by atoms with E-state index in [1.807, 2.05) is 18.2 Å². The van der Waals surface area contributed by atoms with E-state index < -0.39 is 0 Å². The van der Waals surface area contributed by atoms with Gasteiger partial charge in [0.15, 0.2) is 0 Å². The van der Waals surface area contributed by atoms with Crippen LogP contribution in [0, 0.1) is 20.8 Å². The molecule has 0 saturated heterocycles. The minimum absolute atomic E-state index is 1.04. The van der Waals surface area contributed by atoms with Crippen molar-refractivity contribution in [2.45, 2.75) is 53.9 Å². The molecule has 0 aliphatic heterocycles. The summed E-state index contributed by atoms with van der Waals surface area (Å²) in [5, 5.41) is 0. The van der Waals surface area contributed by atoms with E-state index in [0.717, 1.165) is 6.42 Å². The normalized spacial score (nSPS) is 9.42. The maximum absolute atomic E-state index is 2.21. The number of rotatable bonds is 3. The summed E-state index contributed by atoms with van der Waals surface area (Å²) in [5.41, 5.74) is 6.92. The van der Waals surface area contributed by atoms with Crippen LogP contribution in [0.15, 0.2) is 78.9 Å². The number of benzene rings is 3. The van der Waals surface area contributed by atoms with Crippen LogP contribution in [0.4, 0.5) is 0 Å². The quantitative estimate of drug-likeness (QED) is 0.456. The van der Waals surface area contributed by atoms with Gasteiger partial charge in [-0.05, 0) is 49.4 Å². The zero-order valence-electron chi connectivity index (χ0n) is 17.1. The molecule has 0 spiro atoms. The van der Waals surface area contributed by atoms with E-state index in [4.69, 9.17) is 0 Å². The van der Waals surface area contributed by atoms with Crippen molar-refractivity contribution in [3.05, 3.63) is 107 Å². The lowest BCUT2D eigenvalue weighted by Gasteiger charge is -2.07. The van der Waals surface area contributed by atoms with Crippen LogP contribution in [-0.2, 0) is 6.42 Å². The van der Waals surface area contributed by atoms with Crippen molar-refractivity contribution in [2.24, 2.45) is 0 Å². The topological polar surface area (TPSA) is 0 Å². The average molecular weight is 347 g/mol. The Hall–Kier alpha value is -2.34. The van der Waals surface area contributed by atoms with Gasteiger partial charge in [-0.1, -0.05) is 111 Å². The molecule has 0 unspecified atom stereocenters. The average Bonchev–Trinajstić information content (AvgIpc) is 2.67. The molecule has 0 atom stereocenters. The standard InChI is InChI=1S/C15H16.C7H8.C4H10/c1-12-7-3-5-9-14(12)11-15-10-6-4-8-13(15)2;1-7-5-3-2-4-6-7;1-3-4-2/h3-10H,11H2,1-2H3;2-6H,1H3;3-4H2,1-2H3. The minimum Gasteiger partial charge on any atom is -0.0654 e. The first-order valence-corrected chi connectivity index (χ1v) is 9.69. The molecule has 0 amide bonds. The monoisotopic (exact) mass is 346 g/mol. The Kier molecular flexibility index (Phi) is 10.8. The highest BCUT2D eigenvalue weighted by atomic mass is 14.1. The van der Waals surface area contributed by atoms with Gasteiger partial charge in [-0.25, -0.2) is 0 Å². The lowest BCUT2D eigenvalue weighted by Crippen LogP contribution is -1.93. The molecule has 0 nitrogen and oxygen atoms in total. The molecule has 26 heavy (non-hydrogen) atoms. The Morgan fingerprint density at radius 1 is 0.500 bits per heavy atom. The van der Waals surface area contributed by atoms with Gasteiger partial charge in [0, 0.05) is 0 Å². The third-order valence-electron chi connectivity index (χ3n) is 4.34. The van der Waals surface area contributed by atoms with Gasteiger partial charge in [-0.3, -0.25) is 0 Å². The predicted molar refractivity (Wildman–Crippen MR) is 117 cm³/mol. The highest BCUT2D eigenvalue weighted by molar-refractivity contribution is 5.35. The molecule has 0 heterocycles. The summed E-state index contributed by atoms with van der Waals surface area (Å²) in [6.07, 6.45) is 3.68. The molecular weight excluding hydrogens is 312 g/mol. The molecule has 0 N–H and O–H groups in total. The van der Waals surface area contributed by atoms with Crippen molar-refractivity contribution >= 4 is 0 Å². The zero-order chi connectivity index (χ0) is 19.2. The fraction of sp³-hybridized carbons (Fsp3) is 0.308. The van der Waals surface area contributed by atoms with Crippen molar-refractivity contribution in [1.29, 1.82) is 0 Å². The second kappa shape index (κ2) is 12.9. The maximum Gasteiger partial charge on any atom is -0.00205 e. The predicted octanol–water partition coefficient (Wildman–Crippen LogP) is 7.70. The Morgan fingerprint density at radius 2 is 0.885 bits per heavy atom. The van der Waals surface area contributed by atoms with Gasteiger partial charge in [0.2, 0.25) is 0 Å². The maximum atomic E-state index is 2.21. The summed E-state index contributed by atoms with van der Waals surface area (Å²) < 4.78 is 0. The van der Waals surface area contributed by atoms with Crippen LogP contribution in [0.1, 0.15) is 54.5 Å². The van der Waals surface area contributed by atoms with Crippen LogP contribution in [0.2, 0.25) is 0 Å². The largest absolute Gasteiger partial charge is 0.0654 e. The number of unbranched alkanes of at least 4 members (excludes halogenated alkanes) is 1. The molecule has 0 fully saturated rings. The van der Waals surface area contributed by atoms with Crippen LogP contribution < -0.4 is 0 Å². The lowest BCUT2D eigenvalue weighted by molar-refractivity contribution is 0.886. The second-order valence-electron chi connectivity index (χ2n) is 6.68.